The van der Waals surface area contributed by atoms with Gasteiger partial charge in [0.1, 0.15) is 5.65 Å². The molecule has 0 bridgehead atoms. The van der Waals surface area contributed by atoms with Crippen LogP contribution in [0.5, 0.6) is 0 Å². The Kier molecular flexibility index (Phi) is 5.86. The van der Waals surface area contributed by atoms with Crippen molar-refractivity contribution in [3.63, 3.8) is 0 Å². The Morgan fingerprint density at radius 1 is 1.06 bits per heavy atom. The van der Waals surface area contributed by atoms with E-state index in [9.17, 15) is 4.79 Å². The summed E-state index contributed by atoms with van der Waals surface area (Å²) in [5, 5.41) is 6.21. The number of aryl methyl sites for hydroxylation is 2. The predicted molar refractivity (Wildman–Crippen MR) is 137 cm³/mol. The maximum Gasteiger partial charge on any atom is 0.260 e. The summed E-state index contributed by atoms with van der Waals surface area (Å²) in [5.41, 5.74) is 4.33. The molecular formula is C25H28N6OS. The van der Waals surface area contributed by atoms with Crippen molar-refractivity contribution in [3.05, 3.63) is 63.9 Å². The molecule has 0 saturated carbocycles. The Hall–Kier alpha value is -3.23. The van der Waals surface area contributed by atoms with E-state index in [1.165, 1.54) is 5.69 Å². The number of thiophene rings is 1. The number of hydrogen-bond donors (Lipinski definition) is 1. The lowest BCUT2D eigenvalue weighted by molar-refractivity contribution is 0.313. The lowest BCUT2D eigenvalue weighted by Gasteiger charge is -2.34. The van der Waals surface area contributed by atoms with Crippen molar-refractivity contribution in [1.82, 2.24) is 19.4 Å². The molecule has 0 radical (unpaired) electrons. The molecule has 7 nitrogen and oxygen atoms in total. The smallest absolute Gasteiger partial charge is 0.260 e. The Balaban J connectivity index is 1.46. The first-order chi connectivity index (χ1) is 16.0. The first kappa shape index (κ1) is 21.6. The van der Waals surface area contributed by atoms with Gasteiger partial charge in [-0.15, -0.1) is 11.3 Å². The second-order valence-corrected chi connectivity index (χ2v) is 9.36. The van der Waals surface area contributed by atoms with Crippen molar-refractivity contribution < 1.29 is 0 Å². The van der Waals surface area contributed by atoms with Crippen LogP contribution in [0, 0.1) is 6.92 Å². The maximum atomic E-state index is 13.2. The number of fused-ring (bicyclic) bond motifs is 1. The van der Waals surface area contributed by atoms with Crippen LogP contribution in [0.1, 0.15) is 12.6 Å². The molecule has 8 heteroatoms. The lowest BCUT2D eigenvalue weighted by atomic mass is 10.1. The molecular weight excluding hydrogens is 432 g/mol. The van der Waals surface area contributed by atoms with Gasteiger partial charge in [0.05, 0.1) is 11.3 Å². The summed E-state index contributed by atoms with van der Waals surface area (Å²) in [6, 6.07) is 14.3. The number of benzene rings is 1. The third-order valence-electron chi connectivity index (χ3n) is 6.23. The Labute approximate surface area is 197 Å². The van der Waals surface area contributed by atoms with Gasteiger partial charge in [0.25, 0.3) is 5.56 Å². The quantitative estimate of drug-likeness (QED) is 0.478. The van der Waals surface area contributed by atoms with Crippen molar-refractivity contribution in [2.24, 2.45) is 0 Å². The molecule has 5 rings (SSSR count). The van der Waals surface area contributed by atoms with Crippen LogP contribution in [0.4, 0.5) is 17.3 Å². The number of aromatic nitrogens is 3. The van der Waals surface area contributed by atoms with Crippen LogP contribution < -0.4 is 15.8 Å². The van der Waals surface area contributed by atoms with E-state index in [0.29, 0.717) is 23.7 Å². The third kappa shape index (κ3) is 4.24. The van der Waals surface area contributed by atoms with E-state index in [1.807, 2.05) is 37.4 Å². The van der Waals surface area contributed by atoms with E-state index >= 15 is 0 Å². The fourth-order valence-corrected chi connectivity index (χ4v) is 5.03. The molecule has 0 unspecified atom stereocenters. The number of likely N-dealkylation sites (N-methyl/N-ethyl adjacent to an activating group) is 1. The first-order valence-corrected chi connectivity index (χ1v) is 12.2. The topological polar surface area (TPSA) is 66.3 Å². The van der Waals surface area contributed by atoms with Gasteiger partial charge in [0.15, 0.2) is 0 Å². The molecule has 0 aliphatic carbocycles. The molecule has 4 heterocycles. The maximum absolute atomic E-state index is 13.2. The van der Waals surface area contributed by atoms with E-state index in [0.717, 1.165) is 47.8 Å². The van der Waals surface area contributed by atoms with E-state index in [1.54, 1.807) is 15.9 Å². The monoisotopic (exact) mass is 460 g/mol. The summed E-state index contributed by atoms with van der Waals surface area (Å²) in [4.78, 5) is 28.3. The van der Waals surface area contributed by atoms with Gasteiger partial charge in [-0.2, -0.15) is 4.98 Å². The molecule has 0 spiro atoms. The van der Waals surface area contributed by atoms with Crippen LogP contribution >= 0.6 is 11.3 Å². The molecule has 0 atom stereocenters. The van der Waals surface area contributed by atoms with E-state index < -0.39 is 0 Å². The summed E-state index contributed by atoms with van der Waals surface area (Å²) in [6.07, 6.45) is 0. The van der Waals surface area contributed by atoms with Crippen LogP contribution in [-0.4, -0.2) is 52.7 Å². The molecule has 4 aromatic rings. The number of anilines is 3. The molecule has 33 heavy (non-hydrogen) atoms. The minimum atomic E-state index is -0.0203. The minimum Gasteiger partial charge on any atom is -0.369 e. The highest BCUT2D eigenvalue weighted by Gasteiger charge is 2.16. The molecule has 1 aliphatic heterocycles. The molecule has 0 amide bonds. The van der Waals surface area contributed by atoms with E-state index in [2.05, 4.69) is 46.4 Å². The fraction of sp³-hybridized carbons (Fsp3) is 0.320. The van der Waals surface area contributed by atoms with Crippen molar-refractivity contribution in [2.75, 3.05) is 43.4 Å². The lowest BCUT2D eigenvalue weighted by Crippen LogP contribution is -2.44. The minimum absolute atomic E-state index is 0.0203. The number of rotatable bonds is 5. The highest BCUT2D eigenvalue weighted by molar-refractivity contribution is 7.13. The van der Waals surface area contributed by atoms with Crippen molar-refractivity contribution >= 4 is 39.7 Å². The fourth-order valence-electron chi connectivity index (χ4n) is 4.30. The van der Waals surface area contributed by atoms with Crippen LogP contribution in [0.15, 0.2) is 52.6 Å². The molecule has 1 fully saturated rings. The van der Waals surface area contributed by atoms with Gasteiger partial charge in [-0.1, -0.05) is 6.07 Å². The van der Waals surface area contributed by atoms with E-state index in [-0.39, 0.29) is 5.56 Å². The van der Waals surface area contributed by atoms with Gasteiger partial charge in [-0.25, -0.2) is 4.98 Å². The van der Waals surface area contributed by atoms with Gasteiger partial charge in [0.2, 0.25) is 5.95 Å². The number of pyridine rings is 1. The molecule has 3 aromatic heterocycles. The van der Waals surface area contributed by atoms with Gasteiger partial charge in [-0.3, -0.25) is 9.36 Å². The molecule has 170 valence electrons. The summed E-state index contributed by atoms with van der Waals surface area (Å²) >= 11 is 1.57. The average molecular weight is 461 g/mol. The Bertz CT molecular complexity index is 1320. The standard InChI is InChI=1S/C25H28N6OS/c1-4-31-23-20(16-21(24(31)32)22-6-5-15-33-22)17(2)26-25(28-23)27-18-7-9-19(10-8-18)30-13-11-29(3)12-14-30/h5-10,15-16H,4,11-14H2,1-3H3,(H,26,27,28). The van der Waals surface area contributed by atoms with E-state index in [4.69, 9.17) is 9.97 Å². The van der Waals surface area contributed by atoms with Crippen molar-refractivity contribution in [1.29, 1.82) is 0 Å². The van der Waals surface area contributed by atoms with Gasteiger partial charge in [0, 0.05) is 54.4 Å². The van der Waals surface area contributed by atoms with Gasteiger partial charge < -0.3 is 15.1 Å². The largest absolute Gasteiger partial charge is 0.369 e. The second kappa shape index (κ2) is 8.96. The Morgan fingerprint density at radius 2 is 1.82 bits per heavy atom. The Morgan fingerprint density at radius 3 is 2.48 bits per heavy atom. The number of piperazine rings is 1. The highest BCUT2D eigenvalue weighted by atomic mass is 32.1. The normalized spacial score (nSPS) is 14.7. The van der Waals surface area contributed by atoms with Crippen LogP contribution in [0.3, 0.4) is 0 Å². The van der Waals surface area contributed by atoms with Crippen molar-refractivity contribution in [2.45, 2.75) is 20.4 Å². The van der Waals surface area contributed by atoms with Gasteiger partial charge >= 0.3 is 0 Å². The molecule has 1 aliphatic rings. The number of nitrogens with zero attached hydrogens (tertiary/aromatic N) is 5. The van der Waals surface area contributed by atoms with Crippen molar-refractivity contribution in [3.8, 4) is 10.4 Å². The molecule has 1 aromatic carbocycles. The SMILES string of the molecule is CCn1c(=O)c(-c2cccs2)cc2c(C)nc(Nc3ccc(N4CCN(C)CC4)cc3)nc21. The summed E-state index contributed by atoms with van der Waals surface area (Å²) in [6.45, 7) is 8.73. The molecule has 1 saturated heterocycles. The zero-order chi connectivity index (χ0) is 22.9. The van der Waals surface area contributed by atoms with Crippen LogP contribution in [-0.2, 0) is 6.54 Å². The summed E-state index contributed by atoms with van der Waals surface area (Å²) in [7, 11) is 2.16. The number of nitrogens with one attached hydrogen (secondary N) is 1. The van der Waals surface area contributed by atoms with Crippen LogP contribution in [0.25, 0.3) is 21.5 Å². The zero-order valence-corrected chi connectivity index (χ0v) is 20.0. The first-order valence-electron chi connectivity index (χ1n) is 11.3. The zero-order valence-electron chi connectivity index (χ0n) is 19.2. The van der Waals surface area contributed by atoms with Gasteiger partial charge in [-0.05, 0) is 62.7 Å². The average Bonchev–Trinajstić information content (AvgIpc) is 3.35. The third-order valence-corrected chi connectivity index (χ3v) is 7.13. The predicted octanol–water partition coefficient (Wildman–Crippen LogP) is 4.34. The summed E-state index contributed by atoms with van der Waals surface area (Å²) in [5.74, 6) is 0.498. The summed E-state index contributed by atoms with van der Waals surface area (Å²) < 4.78 is 1.74. The second-order valence-electron chi connectivity index (χ2n) is 8.42. The number of hydrogen-bond acceptors (Lipinski definition) is 7. The highest BCUT2D eigenvalue weighted by Crippen LogP contribution is 2.27. The molecule has 1 N–H and O–H groups in total. The van der Waals surface area contributed by atoms with Crippen LogP contribution in [0.2, 0.25) is 0 Å².